The zero-order chi connectivity index (χ0) is 19.0. The van der Waals surface area contributed by atoms with Gasteiger partial charge in [-0.2, -0.15) is 0 Å². The Kier molecular flexibility index (Phi) is 4.51. The Morgan fingerprint density at radius 2 is 2.33 bits per heavy atom. The van der Waals surface area contributed by atoms with Crippen molar-refractivity contribution >= 4 is 11.8 Å². The molecule has 0 aliphatic carbocycles. The van der Waals surface area contributed by atoms with Gasteiger partial charge in [0.1, 0.15) is 0 Å². The molecule has 2 aromatic rings. The number of methoxy groups -OCH3 is 1. The summed E-state index contributed by atoms with van der Waals surface area (Å²) >= 11 is 0. The third-order valence-electron chi connectivity index (χ3n) is 5.75. The highest BCUT2D eigenvalue weighted by atomic mass is 16.5. The van der Waals surface area contributed by atoms with E-state index in [1.54, 1.807) is 30.5 Å². The molecule has 0 aromatic carbocycles. The van der Waals surface area contributed by atoms with E-state index in [1.807, 2.05) is 22.7 Å². The van der Waals surface area contributed by atoms with Gasteiger partial charge in [-0.3, -0.25) is 9.59 Å². The van der Waals surface area contributed by atoms with Gasteiger partial charge in [0.05, 0.1) is 30.3 Å². The van der Waals surface area contributed by atoms with Crippen LogP contribution in [0, 0.1) is 5.41 Å². The largest absolute Gasteiger partial charge is 0.459 e. The molecular weight excluding hydrogens is 348 g/mol. The first-order valence-electron chi connectivity index (χ1n) is 9.14. The molecule has 2 aliphatic heterocycles. The van der Waals surface area contributed by atoms with Crippen LogP contribution in [0.25, 0.3) is 0 Å². The number of hydrogen-bond donors (Lipinski definition) is 0. The summed E-state index contributed by atoms with van der Waals surface area (Å²) in [5.41, 5.74) is 0.221. The maximum absolute atomic E-state index is 13.4. The van der Waals surface area contributed by atoms with E-state index >= 15 is 0 Å². The lowest BCUT2D eigenvalue weighted by Crippen LogP contribution is -2.41. The molecule has 0 radical (unpaired) electrons. The summed E-state index contributed by atoms with van der Waals surface area (Å²) in [6.45, 7) is 2.59. The molecule has 27 heavy (non-hydrogen) atoms. The van der Waals surface area contributed by atoms with E-state index in [4.69, 9.17) is 9.15 Å². The summed E-state index contributed by atoms with van der Waals surface area (Å²) in [5.74, 6) is 0.0806. The number of ether oxygens (including phenoxy) is 1. The van der Waals surface area contributed by atoms with Crippen LogP contribution >= 0.6 is 0 Å². The molecule has 2 aliphatic rings. The normalized spacial score (nSPS) is 25.1. The minimum atomic E-state index is -0.635. The highest BCUT2D eigenvalue weighted by Crippen LogP contribution is 2.49. The fourth-order valence-electron chi connectivity index (χ4n) is 4.35. The van der Waals surface area contributed by atoms with E-state index in [0.717, 1.165) is 5.69 Å². The van der Waals surface area contributed by atoms with E-state index in [1.165, 1.54) is 6.26 Å². The maximum atomic E-state index is 13.4. The standard InChI is InChI=1S/C19H24N4O4/c1-21-11-15(20-13-21)14-10-23(17(24)16-4-3-8-27-16)12-19(14)5-6-22(18(19)25)7-9-26-2/h3-4,8,11,13-14H,5-7,9-10,12H2,1-2H3/t14-,19+/m0/s1. The van der Waals surface area contributed by atoms with Gasteiger partial charge in [-0.1, -0.05) is 0 Å². The predicted molar refractivity (Wildman–Crippen MR) is 96.1 cm³/mol. The number of furan rings is 1. The molecule has 2 aromatic heterocycles. The molecule has 0 saturated carbocycles. The van der Waals surface area contributed by atoms with Crippen molar-refractivity contribution in [2.75, 3.05) is 39.9 Å². The van der Waals surface area contributed by atoms with Gasteiger partial charge >= 0.3 is 0 Å². The monoisotopic (exact) mass is 372 g/mol. The van der Waals surface area contributed by atoms with E-state index < -0.39 is 5.41 Å². The number of imidazole rings is 1. The highest BCUT2D eigenvalue weighted by molar-refractivity contribution is 5.94. The van der Waals surface area contributed by atoms with Gasteiger partial charge in [-0.25, -0.2) is 4.98 Å². The molecule has 8 nitrogen and oxygen atoms in total. The first-order valence-corrected chi connectivity index (χ1v) is 9.14. The van der Waals surface area contributed by atoms with Crippen LogP contribution in [0.1, 0.15) is 28.6 Å². The Balaban J connectivity index is 1.65. The number of aromatic nitrogens is 2. The van der Waals surface area contributed by atoms with E-state index in [0.29, 0.717) is 45.0 Å². The topological polar surface area (TPSA) is 80.8 Å². The fourth-order valence-corrected chi connectivity index (χ4v) is 4.35. The average Bonchev–Trinajstić information content (AvgIpc) is 3.43. The Morgan fingerprint density at radius 1 is 1.48 bits per heavy atom. The molecule has 0 unspecified atom stereocenters. The summed E-state index contributed by atoms with van der Waals surface area (Å²) in [5, 5.41) is 0. The average molecular weight is 372 g/mol. The number of amides is 2. The summed E-state index contributed by atoms with van der Waals surface area (Å²) in [6, 6.07) is 3.35. The summed E-state index contributed by atoms with van der Waals surface area (Å²) < 4.78 is 12.3. The lowest BCUT2D eigenvalue weighted by atomic mass is 9.75. The highest BCUT2D eigenvalue weighted by Gasteiger charge is 2.58. The molecule has 2 amide bonds. The van der Waals surface area contributed by atoms with Crippen molar-refractivity contribution in [2.45, 2.75) is 12.3 Å². The second kappa shape index (κ2) is 6.84. The number of hydrogen-bond acceptors (Lipinski definition) is 5. The van der Waals surface area contributed by atoms with Crippen molar-refractivity contribution in [3.05, 3.63) is 42.4 Å². The number of rotatable bonds is 5. The predicted octanol–water partition coefficient (Wildman–Crippen LogP) is 1.12. The first kappa shape index (κ1) is 17.8. The lowest BCUT2D eigenvalue weighted by Gasteiger charge is -2.27. The molecule has 0 bridgehead atoms. The quantitative estimate of drug-likeness (QED) is 0.786. The zero-order valence-corrected chi connectivity index (χ0v) is 15.6. The molecule has 0 N–H and O–H groups in total. The number of likely N-dealkylation sites (tertiary alicyclic amines) is 2. The Morgan fingerprint density at radius 3 is 3.00 bits per heavy atom. The van der Waals surface area contributed by atoms with Crippen molar-refractivity contribution in [1.82, 2.24) is 19.4 Å². The minimum absolute atomic E-state index is 0.0879. The number of aryl methyl sites for hydroxylation is 1. The van der Waals surface area contributed by atoms with Crippen LogP contribution in [0.3, 0.4) is 0 Å². The SMILES string of the molecule is COCCN1CC[C@]2(CN(C(=O)c3ccco3)C[C@H]2c2cn(C)cn2)C1=O. The van der Waals surface area contributed by atoms with Gasteiger partial charge in [-0.05, 0) is 18.6 Å². The van der Waals surface area contributed by atoms with Gasteiger partial charge in [0.2, 0.25) is 5.91 Å². The Labute approximate surface area is 157 Å². The third-order valence-corrected chi connectivity index (χ3v) is 5.75. The van der Waals surface area contributed by atoms with Crippen LogP contribution in [0.4, 0.5) is 0 Å². The summed E-state index contributed by atoms with van der Waals surface area (Å²) in [4.78, 5) is 34.3. The molecule has 2 atom stereocenters. The van der Waals surface area contributed by atoms with Gasteiger partial charge in [0, 0.05) is 52.5 Å². The summed E-state index contributed by atoms with van der Waals surface area (Å²) in [7, 11) is 3.54. The van der Waals surface area contributed by atoms with Gasteiger partial charge in [0.25, 0.3) is 5.91 Å². The van der Waals surface area contributed by atoms with Crippen molar-refractivity contribution < 1.29 is 18.7 Å². The molecule has 2 fully saturated rings. The van der Waals surface area contributed by atoms with Crippen molar-refractivity contribution in [3.8, 4) is 0 Å². The fraction of sp³-hybridized carbons (Fsp3) is 0.526. The van der Waals surface area contributed by atoms with Crippen LogP contribution in [0.5, 0.6) is 0 Å². The first-order chi connectivity index (χ1) is 13.0. The van der Waals surface area contributed by atoms with E-state index in [9.17, 15) is 9.59 Å². The molecule has 4 heterocycles. The summed E-state index contributed by atoms with van der Waals surface area (Å²) in [6.07, 6.45) is 5.88. The lowest BCUT2D eigenvalue weighted by molar-refractivity contribution is -0.136. The van der Waals surface area contributed by atoms with Crippen LogP contribution < -0.4 is 0 Å². The molecule has 8 heteroatoms. The van der Waals surface area contributed by atoms with E-state index in [-0.39, 0.29) is 17.7 Å². The van der Waals surface area contributed by atoms with Gasteiger partial charge in [0.15, 0.2) is 5.76 Å². The molecular formula is C19H24N4O4. The number of nitrogens with zero attached hydrogens (tertiary/aromatic N) is 4. The maximum Gasteiger partial charge on any atom is 0.289 e. The zero-order valence-electron chi connectivity index (χ0n) is 15.6. The molecule has 4 rings (SSSR count). The molecule has 2 saturated heterocycles. The molecule has 1 spiro atoms. The van der Waals surface area contributed by atoms with E-state index in [2.05, 4.69) is 4.98 Å². The van der Waals surface area contributed by atoms with Crippen molar-refractivity contribution in [2.24, 2.45) is 12.5 Å². The van der Waals surface area contributed by atoms with Crippen molar-refractivity contribution in [1.29, 1.82) is 0 Å². The number of carbonyl (C=O) groups excluding carboxylic acids is 2. The minimum Gasteiger partial charge on any atom is -0.459 e. The van der Waals surface area contributed by atoms with Gasteiger partial charge in [-0.15, -0.1) is 0 Å². The molecule has 144 valence electrons. The van der Waals surface area contributed by atoms with Crippen LogP contribution in [0.2, 0.25) is 0 Å². The third kappa shape index (κ3) is 2.93. The number of carbonyl (C=O) groups is 2. The van der Waals surface area contributed by atoms with Gasteiger partial charge < -0.3 is 23.5 Å². The van der Waals surface area contributed by atoms with Crippen LogP contribution in [-0.2, 0) is 16.6 Å². The Hall–Kier alpha value is -2.61. The van der Waals surface area contributed by atoms with Crippen LogP contribution in [-0.4, -0.2) is 71.1 Å². The second-order valence-electron chi connectivity index (χ2n) is 7.37. The van der Waals surface area contributed by atoms with Crippen molar-refractivity contribution in [3.63, 3.8) is 0 Å². The second-order valence-corrected chi connectivity index (χ2v) is 7.37. The van der Waals surface area contributed by atoms with Crippen LogP contribution in [0.15, 0.2) is 35.3 Å². The Bertz CT molecular complexity index is 831. The smallest absolute Gasteiger partial charge is 0.289 e.